The number of halogens is 3. The highest BCUT2D eigenvalue weighted by Gasteiger charge is 2.55. The number of fused-ring (bicyclic) bond motifs is 1. The zero-order chi connectivity index (χ0) is 19.1. The second-order valence-electron chi connectivity index (χ2n) is 8.26. The SMILES string of the molecule is OC1(CN2CC3C(CCc4cccc(OC(F)(F)F)c4)C3C2)CCOCC1. The summed E-state index contributed by atoms with van der Waals surface area (Å²) in [5.74, 6) is 1.84. The molecule has 0 amide bonds. The van der Waals surface area contributed by atoms with Crippen LogP contribution in [0.5, 0.6) is 5.75 Å². The van der Waals surface area contributed by atoms with Gasteiger partial charge in [-0.05, 0) is 48.3 Å². The number of benzene rings is 1. The fourth-order valence-electron chi connectivity index (χ4n) is 4.85. The summed E-state index contributed by atoms with van der Waals surface area (Å²) in [7, 11) is 0. The molecule has 3 aliphatic rings. The van der Waals surface area contributed by atoms with Gasteiger partial charge in [0.25, 0.3) is 0 Å². The molecule has 1 N–H and O–H groups in total. The molecule has 27 heavy (non-hydrogen) atoms. The zero-order valence-corrected chi connectivity index (χ0v) is 15.3. The molecule has 0 bridgehead atoms. The normalized spacial score (nSPS) is 30.1. The van der Waals surface area contributed by atoms with Crippen molar-refractivity contribution >= 4 is 0 Å². The van der Waals surface area contributed by atoms with Crippen LogP contribution in [0.1, 0.15) is 24.8 Å². The highest BCUT2D eigenvalue weighted by Crippen LogP contribution is 2.54. The molecule has 1 saturated carbocycles. The highest BCUT2D eigenvalue weighted by molar-refractivity contribution is 5.29. The van der Waals surface area contributed by atoms with Crippen molar-refractivity contribution in [3.8, 4) is 5.75 Å². The molecule has 1 aliphatic carbocycles. The zero-order valence-electron chi connectivity index (χ0n) is 15.3. The maximum Gasteiger partial charge on any atom is 0.573 e. The largest absolute Gasteiger partial charge is 0.573 e. The van der Waals surface area contributed by atoms with Crippen LogP contribution < -0.4 is 4.74 Å². The molecule has 2 heterocycles. The van der Waals surface area contributed by atoms with Gasteiger partial charge in [-0.2, -0.15) is 0 Å². The molecule has 0 radical (unpaired) electrons. The van der Waals surface area contributed by atoms with Crippen LogP contribution in [-0.4, -0.2) is 54.8 Å². The topological polar surface area (TPSA) is 41.9 Å². The van der Waals surface area contributed by atoms with Crippen LogP contribution in [-0.2, 0) is 11.2 Å². The Hall–Kier alpha value is -1.31. The molecule has 150 valence electrons. The Bertz CT molecular complexity index is 648. The fourth-order valence-corrected chi connectivity index (χ4v) is 4.85. The van der Waals surface area contributed by atoms with Gasteiger partial charge in [-0.1, -0.05) is 12.1 Å². The van der Waals surface area contributed by atoms with Crippen molar-refractivity contribution < 1.29 is 27.8 Å². The summed E-state index contributed by atoms with van der Waals surface area (Å²) in [5, 5.41) is 10.6. The Labute approximate surface area is 157 Å². The third-order valence-electron chi connectivity index (χ3n) is 6.29. The number of aliphatic hydroxyl groups is 1. The Morgan fingerprint density at radius 2 is 1.89 bits per heavy atom. The van der Waals surface area contributed by atoms with Gasteiger partial charge in [0.1, 0.15) is 5.75 Å². The first kappa shape index (κ1) is 19.0. The molecule has 1 aromatic carbocycles. The van der Waals surface area contributed by atoms with Crippen LogP contribution in [0.2, 0.25) is 0 Å². The molecule has 0 aromatic heterocycles. The Morgan fingerprint density at radius 3 is 2.56 bits per heavy atom. The Balaban J connectivity index is 1.22. The van der Waals surface area contributed by atoms with E-state index in [9.17, 15) is 18.3 Å². The number of nitrogens with zero attached hydrogens (tertiary/aromatic N) is 1. The molecule has 2 aliphatic heterocycles. The molecule has 0 spiro atoms. The van der Waals surface area contributed by atoms with Crippen LogP contribution in [0.25, 0.3) is 0 Å². The van der Waals surface area contributed by atoms with Crippen molar-refractivity contribution in [2.24, 2.45) is 17.8 Å². The number of aryl methyl sites for hydroxylation is 1. The number of rotatable bonds is 6. The molecule has 7 heteroatoms. The van der Waals surface area contributed by atoms with E-state index >= 15 is 0 Å². The molecule has 2 atom stereocenters. The lowest BCUT2D eigenvalue weighted by Crippen LogP contribution is -2.46. The summed E-state index contributed by atoms with van der Waals surface area (Å²) >= 11 is 0. The smallest absolute Gasteiger partial charge is 0.406 e. The summed E-state index contributed by atoms with van der Waals surface area (Å²) in [6, 6.07) is 6.29. The predicted octanol–water partition coefficient (Wildman–Crippen LogP) is 3.24. The number of likely N-dealkylation sites (tertiary alicyclic amines) is 1. The lowest BCUT2D eigenvalue weighted by Gasteiger charge is -2.36. The maximum atomic E-state index is 12.3. The summed E-state index contributed by atoms with van der Waals surface area (Å²) in [4.78, 5) is 2.37. The first-order valence-electron chi connectivity index (χ1n) is 9.69. The van der Waals surface area contributed by atoms with Gasteiger partial charge < -0.3 is 14.6 Å². The predicted molar refractivity (Wildman–Crippen MR) is 93.4 cm³/mol. The van der Waals surface area contributed by atoms with Crippen LogP contribution >= 0.6 is 0 Å². The maximum absolute atomic E-state index is 12.3. The first-order chi connectivity index (χ1) is 12.8. The molecular weight excluding hydrogens is 359 g/mol. The van der Waals surface area contributed by atoms with Gasteiger partial charge in [0.05, 0.1) is 5.60 Å². The Kier molecular flexibility index (Phi) is 5.12. The quantitative estimate of drug-likeness (QED) is 0.816. The number of hydrogen-bond acceptors (Lipinski definition) is 4. The van der Waals surface area contributed by atoms with Gasteiger partial charge in [0.15, 0.2) is 0 Å². The molecular formula is C20H26F3NO3. The van der Waals surface area contributed by atoms with Crippen molar-refractivity contribution in [1.82, 2.24) is 4.90 Å². The van der Waals surface area contributed by atoms with E-state index in [4.69, 9.17) is 4.74 Å². The van der Waals surface area contributed by atoms with E-state index in [2.05, 4.69) is 9.64 Å². The summed E-state index contributed by atoms with van der Waals surface area (Å²) < 4.78 is 46.3. The van der Waals surface area contributed by atoms with Crippen molar-refractivity contribution in [2.45, 2.75) is 37.6 Å². The third kappa shape index (κ3) is 4.76. The van der Waals surface area contributed by atoms with Gasteiger partial charge in [-0.3, -0.25) is 4.90 Å². The second kappa shape index (κ2) is 7.26. The van der Waals surface area contributed by atoms with Crippen LogP contribution in [0.4, 0.5) is 13.2 Å². The van der Waals surface area contributed by atoms with Gasteiger partial charge in [0, 0.05) is 45.7 Å². The van der Waals surface area contributed by atoms with E-state index in [0.717, 1.165) is 38.0 Å². The Morgan fingerprint density at radius 1 is 1.19 bits per heavy atom. The van der Waals surface area contributed by atoms with Crippen LogP contribution in [0.3, 0.4) is 0 Å². The number of hydrogen-bond donors (Lipinski definition) is 1. The van der Waals surface area contributed by atoms with Gasteiger partial charge in [-0.15, -0.1) is 13.2 Å². The molecule has 1 aromatic rings. The number of β-amino-alcohol motifs (C(OH)–C–C–N with tert-alkyl or cyclic N) is 1. The molecule has 2 unspecified atom stereocenters. The summed E-state index contributed by atoms with van der Waals surface area (Å²) in [6.45, 7) is 4.05. The molecule has 2 saturated heterocycles. The molecule has 4 rings (SSSR count). The average molecular weight is 385 g/mol. The number of alkyl halides is 3. The fraction of sp³-hybridized carbons (Fsp3) is 0.700. The first-order valence-corrected chi connectivity index (χ1v) is 9.69. The minimum absolute atomic E-state index is 0.146. The monoisotopic (exact) mass is 385 g/mol. The van der Waals surface area contributed by atoms with Gasteiger partial charge >= 0.3 is 6.36 Å². The molecule has 3 fully saturated rings. The van der Waals surface area contributed by atoms with Crippen molar-refractivity contribution in [2.75, 3.05) is 32.8 Å². The summed E-state index contributed by atoms with van der Waals surface area (Å²) in [5.41, 5.74) is 0.277. The summed E-state index contributed by atoms with van der Waals surface area (Å²) in [6.07, 6.45) is -1.47. The van der Waals surface area contributed by atoms with Crippen LogP contribution in [0.15, 0.2) is 24.3 Å². The highest BCUT2D eigenvalue weighted by atomic mass is 19.4. The van der Waals surface area contributed by atoms with E-state index in [1.807, 2.05) is 6.07 Å². The van der Waals surface area contributed by atoms with E-state index in [1.165, 1.54) is 12.1 Å². The molecule has 4 nitrogen and oxygen atoms in total. The number of piperidine rings is 1. The van der Waals surface area contributed by atoms with E-state index < -0.39 is 12.0 Å². The minimum Gasteiger partial charge on any atom is -0.406 e. The van der Waals surface area contributed by atoms with E-state index in [0.29, 0.717) is 43.8 Å². The van der Waals surface area contributed by atoms with Crippen molar-refractivity contribution in [3.63, 3.8) is 0 Å². The minimum atomic E-state index is -4.65. The van der Waals surface area contributed by atoms with E-state index in [-0.39, 0.29) is 5.75 Å². The van der Waals surface area contributed by atoms with Crippen molar-refractivity contribution in [1.29, 1.82) is 0 Å². The lowest BCUT2D eigenvalue weighted by molar-refractivity contribution is -0.274. The number of ether oxygens (including phenoxy) is 2. The van der Waals surface area contributed by atoms with Crippen LogP contribution in [0, 0.1) is 17.8 Å². The van der Waals surface area contributed by atoms with E-state index in [1.54, 1.807) is 6.07 Å². The lowest BCUT2D eigenvalue weighted by atomic mass is 9.93. The van der Waals surface area contributed by atoms with Gasteiger partial charge in [-0.25, -0.2) is 0 Å². The third-order valence-corrected chi connectivity index (χ3v) is 6.29. The average Bonchev–Trinajstić information content (AvgIpc) is 3.04. The van der Waals surface area contributed by atoms with Gasteiger partial charge in [0.2, 0.25) is 0 Å². The standard InChI is InChI=1S/C20H26F3NO3/c21-20(22,23)27-15-3-1-2-14(10-15)4-5-16-17-11-24(12-18(16)17)13-19(25)6-8-26-9-7-19/h1-3,10,16-18,25H,4-9,11-13H2. The van der Waals surface area contributed by atoms with Crippen molar-refractivity contribution in [3.05, 3.63) is 29.8 Å². The second-order valence-corrected chi connectivity index (χ2v) is 8.26.